The summed E-state index contributed by atoms with van der Waals surface area (Å²) in [5, 5.41) is 12.5. The molecule has 0 spiro atoms. The van der Waals surface area contributed by atoms with Gasteiger partial charge in [-0.2, -0.15) is 9.90 Å². The maximum absolute atomic E-state index is 13.6. The van der Waals surface area contributed by atoms with Crippen LogP contribution in [0.1, 0.15) is 22.2 Å². The summed E-state index contributed by atoms with van der Waals surface area (Å²) in [6, 6.07) is 22.4. The standard InChI is InChI=1S/C24H21N5O3/c1-31-17-12-13-21(22(14-17)32-2)28-23(26-19-11-7-6-10-18(19)24(28)30)20-15-25-29(27-20)16-8-4-3-5-9-16/h3-15,23,26H,1-2H3. The molecule has 1 amide bonds. The number of rotatable bonds is 5. The van der Waals surface area contributed by atoms with Gasteiger partial charge in [0, 0.05) is 11.8 Å². The molecule has 0 radical (unpaired) electrons. The summed E-state index contributed by atoms with van der Waals surface area (Å²) in [6.45, 7) is 0. The van der Waals surface area contributed by atoms with Crippen molar-refractivity contribution in [2.75, 3.05) is 24.4 Å². The first-order valence-electron chi connectivity index (χ1n) is 10.1. The Hall–Kier alpha value is -4.33. The van der Waals surface area contributed by atoms with E-state index in [2.05, 4.69) is 15.5 Å². The van der Waals surface area contributed by atoms with Crippen LogP contribution >= 0.6 is 0 Å². The summed E-state index contributed by atoms with van der Waals surface area (Å²) in [5.74, 6) is 0.983. The number of methoxy groups -OCH3 is 2. The second-order valence-corrected chi connectivity index (χ2v) is 7.20. The number of aromatic nitrogens is 3. The Morgan fingerprint density at radius 1 is 0.938 bits per heavy atom. The number of amides is 1. The highest BCUT2D eigenvalue weighted by Gasteiger charge is 2.37. The van der Waals surface area contributed by atoms with Gasteiger partial charge in [-0.15, -0.1) is 5.10 Å². The van der Waals surface area contributed by atoms with Crippen molar-refractivity contribution in [2.45, 2.75) is 6.17 Å². The molecule has 4 aromatic rings. The molecule has 32 heavy (non-hydrogen) atoms. The molecule has 0 fully saturated rings. The van der Waals surface area contributed by atoms with Crippen molar-refractivity contribution in [3.8, 4) is 17.2 Å². The van der Waals surface area contributed by atoms with Crippen molar-refractivity contribution in [1.82, 2.24) is 15.0 Å². The Labute approximate surface area is 185 Å². The van der Waals surface area contributed by atoms with Gasteiger partial charge < -0.3 is 14.8 Å². The number of ether oxygens (including phenoxy) is 2. The number of benzene rings is 3. The number of fused-ring (bicyclic) bond motifs is 1. The number of para-hydroxylation sites is 2. The summed E-state index contributed by atoms with van der Waals surface area (Å²) in [6.07, 6.45) is 1.08. The van der Waals surface area contributed by atoms with Gasteiger partial charge in [-0.1, -0.05) is 30.3 Å². The first-order chi connectivity index (χ1) is 15.7. The Morgan fingerprint density at radius 3 is 2.50 bits per heavy atom. The summed E-state index contributed by atoms with van der Waals surface area (Å²) in [5.41, 5.74) is 3.32. The molecule has 1 aliphatic rings. The molecule has 0 saturated heterocycles. The number of anilines is 2. The normalized spacial score (nSPS) is 15.1. The predicted molar refractivity (Wildman–Crippen MR) is 121 cm³/mol. The predicted octanol–water partition coefficient (Wildman–Crippen LogP) is 4.06. The molecule has 0 saturated carbocycles. The van der Waals surface area contributed by atoms with Gasteiger partial charge in [-0.3, -0.25) is 9.69 Å². The van der Waals surface area contributed by atoms with Gasteiger partial charge >= 0.3 is 0 Å². The van der Waals surface area contributed by atoms with Gasteiger partial charge in [-0.25, -0.2) is 0 Å². The third-order valence-electron chi connectivity index (χ3n) is 5.35. The number of hydrogen-bond donors (Lipinski definition) is 1. The van der Waals surface area contributed by atoms with Crippen molar-refractivity contribution in [3.63, 3.8) is 0 Å². The quantitative estimate of drug-likeness (QED) is 0.517. The average molecular weight is 427 g/mol. The molecule has 5 rings (SSSR count). The zero-order valence-corrected chi connectivity index (χ0v) is 17.6. The van der Waals surface area contributed by atoms with Crippen LogP contribution < -0.4 is 19.7 Å². The Morgan fingerprint density at radius 2 is 1.72 bits per heavy atom. The molecular weight excluding hydrogens is 406 g/mol. The van der Waals surface area contributed by atoms with E-state index in [1.165, 1.54) is 0 Å². The Bertz CT molecular complexity index is 1270. The minimum Gasteiger partial charge on any atom is -0.497 e. The van der Waals surface area contributed by atoms with Crippen LogP contribution in [-0.4, -0.2) is 35.1 Å². The molecule has 1 unspecified atom stereocenters. The third kappa shape index (κ3) is 3.31. The minimum atomic E-state index is -0.586. The lowest BCUT2D eigenvalue weighted by molar-refractivity contribution is 0.0973. The lowest BCUT2D eigenvalue weighted by Crippen LogP contribution is -2.43. The Balaban J connectivity index is 1.63. The second kappa shape index (κ2) is 8.07. The molecule has 160 valence electrons. The first kappa shape index (κ1) is 19.6. The highest BCUT2D eigenvalue weighted by atomic mass is 16.5. The van der Waals surface area contributed by atoms with Crippen molar-refractivity contribution >= 4 is 17.3 Å². The molecule has 8 nitrogen and oxygen atoms in total. The molecule has 2 heterocycles. The maximum Gasteiger partial charge on any atom is 0.262 e. The van der Waals surface area contributed by atoms with Crippen LogP contribution in [0, 0.1) is 0 Å². The van der Waals surface area contributed by atoms with Crippen molar-refractivity contribution in [2.24, 2.45) is 0 Å². The van der Waals surface area contributed by atoms with E-state index in [0.717, 1.165) is 11.4 Å². The van der Waals surface area contributed by atoms with E-state index in [1.54, 1.807) is 54.4 Å². The lowest BCUT2D eigenvalue weighted by Gasteiger charge is -2.37. The van der Waals surface area contributed by atoms with E-state index in [9.17, 15) is 4.79 Å². The fourth-order valence-corrected chi connectivity index (χ4v) is 3.78. The highest BCUT2D eigenvalue weighted by molar-refractivity contribution is 6.12. The van der Waals surface area contributed by atoms with E-state index in [-0.39, 0.29) is 5.91 Å². The van der Waals surface area contributed by atoms with Crippen LogP contribution in [0.25, 0.3) is 5.69 Å². The van der Waals surface area contributed by atoms with Crippen LogP contribution in [0.15, 0.2) is 79.0 Å². The van der Waals surface area contributed by atoms with Crippen molar-refractivity contribution < 1.29 is 14.3 Å². The summed E-state index contributed by atoms with van der Waals surface area (Å²) in [7, 11) is 3.15. The fourth-order valence-electron chi connectivity index (χ4n) is 3.78. The zero-order chi connectivity index (χ0) is 22.1. The van der Waals surface area contributed by atoms with Crippen molar-refractivity contribution in [1.29, 1.82) is 0 Å². The topological polar surface area (TPSA) is 81.5 Å². The van der Waals surface area contributed by atoms with Gasteiger partial charge in [0.15, 0.2) is 6.17 Å². The minimum absolute atomic E-state index is 0.165. The monoisotopic (exact) mass is 427 g/mol. The smallest absolute Gasteiger partial charge is 0.262 e. The average Bonchev–Trinajstić information content (AvgIpc) is 3.34. The third-order valence-corrected chi connectivity index (χ3v) is 5.35. The van der Waals surface area contributed by atoms with Crippen molar-refractivity contribution in [3.05, 3.63) is 90.3 Å². The van der Waals surface area contributed by atoms with E-state index in [0.29, 0.717) is 28.4 Å². The van der Waals surface area contributed by atoms with Crippen LogP contribution in [0.5, 0.6) is 11.5 Å². The van der Waals surface area contributed by atoms with Crippen LogP contribution in [-0.2, 0) is 0 Å². The largest absolute Gasteiger partial charge is 0.497 e. The van der Waals surface area contributed by atoms with Gasteiger partial charge in [0.25, 0.3) is 5.91 Å². The number of carbonyl (C=O) groups excluding carboxylic acids is 1. The number of nitrogens with one attached hydrogen (secondary N) is 1. The molecule has 0 aliphatic carbocycles. The van der Waals surface area contributed by atoms with Gasteiger partial charge in [0.1, 0.15) is 17.2 Å². The van der Waals surface area contributed by atoms with Gasteiger partial charge in [0.2, 0.25) is 0 Å². The second-order valence-electron chi connectivity index (χ2n) is 7.20. The van der Waals surface area contributed by atoms with Crippen LogP contribution in [0.4, 0.5) is 11.4 Å². The Kier molecular flexibility index (Phi) is 4.95. The van der Waals surface area contributed by atoms with Gasteiger partial charge in [0.05, 0.1) is 37.4 Å². The van der Waals surface area contributed by atoms with Crippen LogP contribution in [0.3, 0.4) is 0 Å². The number of nitrogens with zero attached hydrogens (tertiary/aromatic N) is 4. The fraction of sp³-hybridized carbons (Fsp3) is 0.125. The summed E-state index contributed by atoms with van der Waals surface area (Å²) < 4.78 is 10.9. The highest BCUT2D eigenvalue weighted by Crippen LogP contribution is 2.41. The first-order valence-corrected chi connectivity index (χ1v) is 10.1. The molecule has 3 aromatic carbocycles. The van der Waals surface area contributed by atoms with E-state index >= 15 is 0 Å². The lowest BCUT2D eigenvalue weighted by atomic mass is 10.0. The molecular formula is C24H21N5O3. The molecule has 8 heteroatoms. The molecule has 1 aromatic heterocycles. The molecule has 1 atom stereocenters. The number of hydrogen-bond acceptors (Lipinski definition) is 6. The molecule has 0 bridgehead atoms. The zero-order valence-electron chi connectivity index (χ0n) is 17.6. The van der Waals surface area contributed by atoms with Crippen LogP contribution in [0.2, 0.25) is 0 Å². The van der Waals surface area contributed by atoms with E-state index in [1.807, 2.05) is 48.5 Å². The van der Waals surface area contributed by atoms with E-state index in [4.69, 9.17) is 9.47 Å². The number of carbonyl (C=O) groups is 1. The summed E-state index contributed by atoms with van der Waals surface area (Å²) >= 11 is 0. The molecule has 1 N–H and O–H groups in total. The SMILES string of the molecule is COc1ccc(N2C(=O)c3ccccc3NC2c2cnn(-c3ccccc3)n2)c(OC)c1. The molecule has 1 aliphatic heterocycles. The van der Waals surface area contributed by atoms with E-state index < -0.39 is 6.17 Å². The summed E-state index contributed by atoms with van der Waals surface area (Å²) in [4.78, 5) is 16.8. The maximum atomic E-state index is 13.6. The van der Waals surface area contributed by atoms with Gasteiger partial charge in [-0.05, 0) is 36.4 Å².